The van der Waals surface area contributed by atoms with E-state index in [0.29, 0.717) is 21.4 Å². The second-order valence-electron chi connectivity index (χ2n) is 2.29. The maximum Gasteiger partial charge on any atom is 0.181 e. The molecule has 0 saturated carbocycles. The Hall–Kier alpha value is -1.62. The highest BCUT2D eigenvalue weighted by Gasteiger charge is 2.06. The van der Waals surface area contributed by atoms with Gasteiger partial charge in [0.05, 0.1) is 21.4 Å². The molecule has 1 rings (SSSR count). The first-order valence-corrected chi connectivity index (χ1v) is 4.24. The van der Waals surface area contributed by atoms with Gasteiger partial charge < -0.3 is 0 Å². The minimum atomic E-state index is 0.314. The van der Waals surface area contributed by atoms with Crippen LogP contribution >= 0.6 is 23.2 Å². The fourth-order valence-electron chi connectivity index (χ4n) is 0.859. The van der Waals surface area contributed by atoms with Crippen LogP contribution in [-0.4, -0.2) is 0 Å². The van der Waals surface area contributed by atoms with Crippen LogP contribution in [0.1, 0.15) is 0 Å². The van der Waals surface area contributed by atoms with Gasteiger partial charge in [0.1, 0.15) is 0 Å². The number of rotatable bonds is 2. The van der Waals surface area contributed by atoms with E-state index in [0.717, 1.165) is 0 Å². The summed E-state index contributed by atoms with van der Waals surface area (Å²) in [5.74, 6) is 0. The van der Waals surface area contributed by atoms with E-state index in [-0.39, 0.29) is 0 Å². The molecule has 0 radical (unpaired) electrons. The van der Waals surface area contributed by atoms with Crippen molar-refractivity contribution in [3.63, 3.8) is 0 Å². The Labute approximate surface area is 90.7 Å². The largest absolute Gasteiger partial charge is 0.291 e. The fraction of sp³-hybridized carbons (Fsp3) is 0. The summed E-state index contributed by atoms with van der Waals surface area (Å²) in [6.07, 6.45) is 3.45. The zero-order valence-corrected chi connectivity index (χ0v) is 8.32. The Kier molecular flexibility index (Phi) is 3.41. The van der Waals surface area contributed by atoms with Gasteiger partial charge in [-0.3, -0.25) is 10.6 Å². The predicted molar refractivity (Wildman–Crippen MR) is 54.9 cm³/mol. The fourth-order valence-corrected chi connectivity index (χ4v) is 1.28. The summed E-state index contributed by atoms with van der Waals surface area (Å²) in [6, 6.07) is 2.93. The molecule has 0 aliphatic carbocycles. The minimum Gasteiger partial charge on any atom is -0.291 e. The van der Waals surface area contributed by atoms with Crippen molar-refractivity contribution in [1.82, 2.24) is 0 Å². The van der Waals surface area contributed by atoms with Crippen molar-refractivity contribution in [3.05, 3.63) is 22.2 Å². The van der Waals surface area contributed by atoms with Gasteiger partial charge in [-0.2, -0.15) is 10.5 Å². The summed E-state index contributed by atoms with van der Waals surface area (Å²) in [5.41, 5.74) is 0.810. The average Bonchev–Trinajstić information content (AvgIpc) is 2.14. The van der Waals surface area contributed by atoms with Crippen molar-refractivity contribution in [2.75, 3.05) is 10.6 Å². The maximum absolute atomic E-state index is 8.38. The second kappa shape index (κ2) is 4.57. The molecule has 0 aromatic heterocycles. The number of benzene rings is 1. The zero-order chi connectivity index (χ0) is 10.6. The van der Waals surface area contributed by atoms with Crippen molar-refractivity contribution < 1.29 is 0 Å². The first-order valence-electron chi connectivity index (χ1n) is 3.48. The lowest BCUT2D eigenvalue weighted by Crippen LogP contribution is -1.93. The zero-order valence-electron chi connectivity index (χ0n) is 6.81. The van der Waals surface area contributed by atoms with Crippen LogP contribution in [-0.2, 0) is 0 Å². The molecule has 4 nitrogen and oxygen atoms in total. The molecule has 0 amide bonds. The highest BCUT2D eigenvalue weighted by Crippen LogP contribution is 2.32. The summed E-state index contributed by atoms with van der Waals surface area (Å²) < 4.78 is 0. The molecule has 0 fully saturated rings. The van der Waals surface area contributed by atoms with Gasteiger partial charge in [-0.25, -0.2) is 0 Å². The molecule has 0 aliphatic rings. The number of halogens is 2. The smallest absolute Gasteiger partial charge is 0.181 e. The Balaban J connectivity index is 3.13. The molecule has 0 heterocycles. The number of hydrogen-bond donors (Lipinski definition) is 2. The van der Waals surface area contributed by atoms with E-state index in [4.69, 9.17) is 33.7 Å². The van der Waals surface area contributed by atoms with Crippen molar-refractivity contribution in [3.8, 4) is 12.4 Å². The van der Waals surface area contributed by atoms with Crippen molar-refractivity contribution >= 4 is 34.6 Å². The lowest BCUT2D eigenvalue weighted by atomic mass is 10.3. The summed E-state index contributed by atoms with van der Waals surface area (Å²) in [5, 5.41) is 22.1. The molecule has 0 unspecified atom stereocenters. The highest BCUT2D eigenvalue weighted by molar-refractivity contribution is 6.37. The number of hydrogen-bond acceptors (Lipinski definition) is 4. The van der Waals surface area contributed by atoms with Gasteiger partial charge in [0.2, 0.25) is 0 Å². The van der Waals surface area contributed by atoms with E-state index in [1.165, 1.54) is 12.1 Å². The van der Waals surface area contributed by atoms with E-state index in [1.807, 2.05) is 0 Å². The number of nitriles is 2. The van der Waals surface area contributed by atoms with E-state index in [9.17, 15) is 0 Å². The van der Waals surface area contributed by atoms with Crippen LogP contribution in [0.5, 0.6) is 0 Å². The van der Waals surface area contributed by atoms with Gasteiger partial charge in [0, 0.05) is 0 Å². The van der Waals surface area contributed by atoms with Crippen molar-refractivity contribution in [1.29, 1.82) is 10.5 Å². The highest BCUT2D eigenvalue weighted by atomic mass is 35.5. The van der Waals surface area contributed by atoms with Crippen LogP contribution < -0.4 is 10.6 Å². The SMILES string of the molecule is N#CNc1cc(Cl)c(NC#N)cc1Cl. The van der Waals surface area contributed by atoms with E-state index < -0.39 is 0 Å². The number of nitrogens with zero attached hydrogens (tertiary/aromatic N) is 2. The van der Waals surface area contributed by atoms with Crippen LogP contribution in [0, 0.1) is 22.9 Å². The first kappa shape index (κ1) is 10.5. The van der Waals surface area contributed by atoms with Crippen LogP contribution in [0.15, 0.2) is 12.1 Å². The molecule has 14 heavy (non-hydrogen) atoms. The summed E-state index contributed by atoms with van der Waals surface area (Å²) >= 11 is 11.6. The van der Waals surface area contributed by atoms with Crippen molar-refractivity contribution in [2.24, 2.45) is 0 Å². The molecule has 0 aliphatic heterocycles. The Bertz CT molecular complexity index is 388. The molecule has 1 aromatic rings. The molecule has 0 atom stereocenters. The minimum absolute atomic E-state index is 0.314. The molecule has 0 bridgehead atoms. The Morgan fingerprint density at radius 3 is 1.57 bits per heavy atom. The number of nitrogens with one attached hydrogen (secondary N) is 2. The van der Waals surface area contributed by atoms with Gasteiger partial charge in [-0.1, -0.05) is 23.2 Å². The topological polar surface area (TPSA) is 71.6 Å². The second-order valence-corrected chi connectivity index (χ2v) is 3.10. The standard InChI is InChI=1S/C8H4Cl2N4/c9-5-1-7(13-3-11)6(10)2-8(5)14-4-12/h1-2,13-14H. The molecule has 1 aromatic carbocycles. The third-order valence-corrected chi connectivity index (χ3v) is 2.06. The van der Waals surface area contributed by atoms with E-state index >= 15 is 0 Å². The maximum atomic E-state index is 8.38. The van der Waals surface area contributed by atoms with Crippen LogP contribution in [0.3, 0.4) is 0 Å². The van der Waals surface area contributed by atoms with Crippen LogP contribution in [0.25, 0.3) is 0 Å². The predicted octanol–water partition coefficient (Wildman–Crippen LogP) is 2.78. The summed E-state index contributed by atoms with van der Waals surface area (Å²) in [6.45, 7) is 0. The summed E-state index contributed by atoms with van der Waals surface area (Å²) in [7, 11) is 0. The number of anilines is 2. The molecule has 6 heteroatoms. The molecular weight excluding hydrogens is 223 g/mol. The van der Waals surface area contributed by atoms with Gasteiger partial charge in [-0.15, -0.1) is 0 Å². The molecular formula is C8H4Cl2N4. The van der Waals surface area contributed by atoms with Crippen molar-refractivity contribution in [2.45, 2.75) is 0 Å². The lowest BCUT2D eigenvalue weighted by molar-refractivity contribution is 1.45. The first-order chi connectivity index (χ1) is 6.69. The molecule has 0 spiro atoms. The Morgan fingerprint density at radius 1 is 0.929 bits per heavy atom. The monoisotopic (exact) mass is 226 g/mol. The Morgan fingerprint density at radius 2 is 1.29 bits per heavy atom. The lowest BCUT2D eigenvalue weighted by Gasteiger charge is -2.05. The third-order valence-electron chi connectivity index (χ3n) is 1.44. The summed E-state index contributed by atoms with van der Waals surface area (Å²) in [4.78, 5) is 0. The van der Waals surface area contributed by atoms with Gasteiger partial charge in [0.15, 0.2) is 12.4 Å². The van der Waals surface area contributed by atoms with Crippen LogP contribution in [0.2, 0.25) is 10.0 Å². The average molecular weight is 227 g/mol. The van der Waals surface area contributed by atoms with Gasteiger partial charge in [-0.05, 0) is 12.1 Å². The van der Waals surface area contributed by atoms with Crippen LogP contribution in [0.4, 0.5) is 11.4 Å². The quantitative estimate of drug-likeness (QED) is 0.601. The molecule has 2 N–H and O–H groups in total. The third kappa shape index (κ3) is 2.20. The van der Waals surface area contributed by atoms with Gasteiger partial charge >= 0.3 is 0 Å². The normalized spacial score (nSPS) is 8.57. The molecule has 0 saturated heterocycles. The van der Waals surface area contributed by atoms with E-state index in [1.54, 1.807) is 12.4 Å². The van der Waals surface area contributed by atoms with Gasteiger partial charge in [0.25, 0.3) is 0 Å². The molecule has 70 valence electrons. The van der Waals surface area contributed by atoms with E-state index in [2.05, 4.69) is 10.6 Å².